The number of likely N-dealkylation sites (tertiary alicyclic amines) is 1. The Morgan fingerprint density at radius 2 is 2.21 bits per heavy atom. The van der Waals surface area contributed by atoms with E-state index in [0.29, 0.717) is 19.0 Å². The third kappa shape index (κ3) is 2.03. The van der Waals surface area contributed by atoms with Crippen LogP contribution in [-0.4, -0.2) is 40.9 Å². The number of rotatable bonds is 2. The minimum Gasteiger partial charge on any atom is -0.428 e. The maximum atomic E-state index is 11.9. The molecular formula is C7H8F3N3O. The molecule has 0 spiro atoms. The van der Waals surface area contributed by atoms with E-state index in [1.807, 2.05) is 0 Å². The third-order valence-corrected chi connectivity index (χ3v) is 2.09. The molecule has 78 valence electrons. The van der Waals surface area contributed by atoms with Gasteiger partial charge in [0.15, 0.2) is 0 Å². The van der Waals surface area contributed by atoms with Gasteiger partial charge in [-0.25, -0.2) is 0 Å². The molecule has 7 heteroatoms. The van der Waals surface area contributed by atoms with Crippen molar-refractivity contribution >= 4 is 0 Å². The third-order valence-electron chi connectivity index (χ3n) is 2.09. The highest BCUT2D eigenvalue weighted by molar-refractivity contribution is 4.99. The van der Waals surface area contributed by atoms with Gasteiger partial charge < -0.3 is 4.42 Å². The summed E-state index contributed by atoms with van der Waals surface area (Å²) in [6, 6.07) is 0. The lowest BCUT2D eigenvalue weighted by Gasteiger charge is -2.37. The van der Waals surface area contributed by atoms with Crippen LogP contribution in [0.25, 0.3) is 0 Å². The summed E-state index contributed by atoms with van der Waals surface area (Å²) in [6.45, 7) is -0.193. The van der Waals surface area contributed by atoms with Gasteiger partial charge in [-0.05, 0) is 0 Å². The molecule has 14 heavy (non-hydrogen) atoms. The Hall–Kier alpha value is -1.11. The minimum absolute atomic E-state index is 0.0418. The van der Waals surface area contributed by atoms with Crippen molar-refractivity contribution in [2.24, 2.45) is 0 Å². The van der Waals surface area contributed by atoms with Crippen LogP contribution in [0.3, 0.4) is 0 Å². The first-order valence-electron chi connectivity index (χ1n) is 4.10. The molecule has 0 aliphatic carbocycles. The molecule has 1 saturated heterocycles. The maximum Gasteiger partial charge on any atom is 0.401 e. The lowest BCUT2D eigenvalue weighted by molar-refractivity contribution is -0.155. The van der Waals surface area contributed by atoms with Gasteiger partial charge in [-0.15, -0.1) is 10.2 Å². The molecular weight excluding hydrogens is 199 g/mol. The monoisotopic (exact) mass is 207 g/mol. The largest absolute Gasteiger partial charge is 0.428 e. The summed E-state index contributed by atoms with van der Waals surface area (Å²) in [4.78, 5) is 1.30. The fraction of sp³-hybridized carbons (Fsp3) is 0.714. The van der Waals surface area contributed by atoms with Crippen LogP contribution in [0.1, 0.15) is 11.8 Å². The molecule has 1 aliphatic heterocycles. The number of nitrogens with zero attached hydrogens (tertiary/aromatic N) is 3. The molecule has 0 aromatic carbocycles. The molecule has 0 saturated carbocycles. The summed E-state index contributed by atoms with van der Waals surface area (Å²) in [6.07, 6.45) is -2.94. The zero-order valence-corrected chi connectivity index (χ0v) is 7.16. The van der Waals surface area contributed by atoms with Gasteiger partial charge in [0.1, 0.15) is 0 Å². The quantitative estimate of drug-likeness (QED) is 0.726. The lowest BCUT2D eigenvalue weighted by Crippen LogP contribution is -2.49. The fourth-order valence-corrected chi connectivity index (χ4v) is 1.47. The molecule has 1 fully saturated rings. The van der Waals surface area contributed by atoms with Crippen LogP contribution in [0, 0.1) is 0 Å². The molecule has 0 N–H and O–H groups in total. The molecule has 0 unspecified atom stereocenters. The molecule has 0 bridgehead atoms. The number of alkyl halides is 3. The van der Waals surface area contributed by atoms with Crippen LogP contribution in [0.2, 0.25) is 0 Å². The maximum absolute atomic E-state index is 11.9. The Labute approximate surface area is 77.7 Å². The smallest absolute Gasteiger partial charge is 0.401 e. The van der Waals surface area contributed by atoms with Gasteiger partial charge in [-0.3, -0.25) is 4.90 Å². The van der Waals surface area contributed by atoms with Crippen LogP contribution in [-0.2, 0) is 0 Å². The minimum atomic E-state index is -4.13. The standard InChI is InChI=1S/C7H8F3N3O/c8-7(9,10)3-13-1-5(2-13)6-12-11-4-14-6/h4-5H,1-3H2. The van der Waals surface area contributed by atoms with E-state index in [2.05, 4.69) is 10.2 Å². The first kappa shape index (κ1) is 9.45. The number of halogens is 3. The summed E-state index contributed by atoms with van der Waals surface area (Å²) in [5.41, 5.74) is 0. The van der Waals surface area contributed by atoms with E-state index in [0.717, 1.165) is 0 Å². The van der Waals surface area contributed by atoms with Gasteiger partial charge in [0.25, 0.3) is 0 Å². The molecule has 4 nitrogen and oxygen atoms in total. The van der Waals surface area contributed by atoms with Crippen molar-refractivity contribution in [3.05, 3.63) is 12.3 Å². The molecule has 2 heterocycles. The van der Waals surface area contributed by atoms with E-state index in [4.69, 9.17) is 4.42 Å². The Balaban J connectivity index is 1.80. The molecule has 0 atom stereocenters. The van der Waals surface area contributed by atoms with Crippen molar-refractivity contribution in [2.45, 2.75) is 12.1 Å². The van der Waals surface area contributed by atoms with Gasteiger partial charge in [0.2, 0.25) is 12.3 Å². The normalized spacial score (nSPS) is 19.6. The van der Waals surface area contributed by atoms with Gasteiger partial charge in [0.05, 0.1) is 12.5 Å². The van der Waals surface area contributed by atoms with Crippen LogP contribution < -0.4 is 0 Å². The van der Waals surface area contributed by atoms with Crippen molar-refractivity contribution in [1.82, 2.24) is 15.1 Å². The average Bonchev–Trinajstić information content (AvgIpc) is 2.45. The van der Waals surface area contributed by atoms with E-state index >= 15 is 0 Å². The van der Waals surface area contributed by atoms with Crippen molar-refractivity contribution in [2.75, 3.05) is 19.6 Å². The summed E-state index contributed by atoms with van der Waals surface area (Å²) in [5.74, 6) is 0.378. The van der Waals surface area contributed by atoms with Gasteiger partial charge in [-0.1, -0.05) is 0 Å². The summed E-state index contributed by atoms with van der Waals surface area (Å²) in [5, 5.41) is 7.11. The number of hydrogen-bond acceptors (Lipinski definition) is 4. The molecule has 1 aliphatic rings. The van der Waals surface area contributed by atoms with Crippen molar-refractivity contribution < 1.29 is 17.6 Å². The Bertz CT molecular complexity index is 292. The van der Waals surface area contributed by atoms with E-state index in [1.165, 1.54) is 11.3 Å². The molecule has 2 rings (SSSR count). The SMILES string of the molecule is FC(F)(F)CN1CC(c2nnco2)C1. The second-order valence-electron chi connectivity index (χ2n) is 3.28. The molecule has 0 amide bonds. The van der Waals surface area contributed by atoms with E-state index in [1.54, 1.807) is 0 Å². The second-order valence-corrected chi connectivity index (χ2v) is 3.28. The zero-order chi connectivity index (χ0) is 10.2. The highest BCUT2D eigenvalue weighted by Crippen LogP contribution is 2.28. The molecule has 0 radical (unpaired) electrons. The van der Waals surface area contributed by atoms with Crippen LogP contribution in [0.5, 0.6) is 0 Å². The van der Waals surface area contributed by atoms with E-state index in [9.17, 15) is 13.2 Å². The van der Waals surface area contributed by atoms with Gasteiger partial charge in [0, 0.05) is 13.1 Å². The van der Waals surface area contributed by atoms with Crippen molar-refractivity contribution in [1.29, 1.82) is 0 Å². The van der Waals surface area contributed by atoms with Gasteiger partial charge in [-0.2, -0.15) is 13.2 Å². The zero-order valence-electron chi connectivity index (χ0n) is 7.16. The predicted octanol–water partition coefficient (Wildman–Crippen LogP) is 1.03. The highest BCUT2D eigenvalue weighted by Gasteiger charge is 2.39. The topological polar surface area (TPSA) is 42.2 Å². The molecule has 1 aromatic rings. The van der Waals surface area contributed by atoms with Crippen LogP contribution in [0.4, 0.5) is 13.2 Å². The van der Waals surface area contributed by atoms with E-state index in [-0.39, 0.29) is 5.92 Å². The van der Waals surface area contributed by atoms with Crippen molar-refractivity contribution in [3.63, 3.8) is 0 Å². The number of aromatic nitrogens is 2. The first-order valence-corrected chi connectivity index (χ1v) is 4.10. The first-order chi connectivity index (χ1) is 6.54. The molecule has 1 aromatic heterocycles. The summed E-state index contributed by atoms with van der Waals surface area (Å²) >= 11 is 0. The Morgan fingerprint density at radius 3 is 2.71 bits per heavy atom. The highest BCUT2D eigenvalue weighted by atomic mass is 19.4. The summed E-state index contributed by atoms with van der Waals surface area (Å²) in [7, 11) is 0. The average molecular weight is 207 g/mol. The predicted molar refractivity (Wildman–Crippen MR) is 39.5 cm³/mol. The summed E-state index contributed by atoms with van der Waals surface area (Å²) < 4.78 is 40.6. The van der Waals surface area contributed by atoms with Gasteiger partial charge >= 0.3 is 6.18 Å². The van der Waals surface area contributed by atoms with E-state index < -0.39 is 12.7 Å². The Kier molecular flexibility index (Phi) is 2.18. The van der Waals surface area contributed by atoms with Crippen LogP contribution in [0.15, 0.2) is 10.8 Å². The van der Waals surface area contributed by atoms with Crippen molar-refractivity contribution in [3.8, 4) is 0 Å². The fourth-order valence-electron chi connectivity index (χ4n) is 1.47. The lowest BCUT2D eigenvalue weighted by atomic mass is 10.0. The second kappa shape index (κ2) is 3.23. The number of hydrogen-bond donors (Lipinski definition) is 0. The van der Waals surface area contributed by atoms with Crippen LogP contribution >= 0.6 is 0 Å². The Morgan fingerprint density at radius 1 is 1.50 bits per heavy atom.